The van der Waals surface area contributed by atoms with Crippen LogP contribution in [0.5, 0.6) is 0 Å². The second kappa shape index (κ2) is 9.38. The van der Waals surface area contributed by atoms with E-state index in [1.807, 2.05) is 55.6 Å². The highest BCUT2D eigenvalue weighted by atomic mass is 16.2. The number of nitrogens with zero attached hydrogens (tertiary/aromatic N) is 1. The Kier molecular flexibility index (Phi) is 6.40. The maximum Gasteiger partial charge on any atom is 0.255 e. The molecular formula is C26H31N3O2. The van der Waals surface area contributed by atoms with Crippen molar-refractivity contribution in [2.24, 2.45) is 0 Å². The van der Waals surface area contributed by atoms with Crippen molar-refractivity contribution in [3.63, 3.8) is 0 Å². The number of hydrogen-bond acceptors (Lipinski definition) is 2. The third-order valence-electron chi connectivity index (χ3n) is 6.19. The van der Waals surface area contributed by atoms with Crippen LogP contribution in [-0.4, -0.2) is 34.3 Å². The largest absolute Gasteiger partial charge is 0.361 e. The second-order valence-corrected chi connectivity index (χ2v) is 8.53. The Morgan fingerprint density at radius 1 is 1.06 bits per heavy atom. The number of nitrogens with one attached hydrogen (secondary N) is 2. The first-order valence-corrected chi connectivity index (χ1v) is 11.4. The number of para-hydroxylation sites is 1. The minimum Gasteiger partial charge on any atom is -0.361 e. The van der Waals surface area contributed by atoms with Crippen LogP contribution in [0.4, 0.5) is 0 Å². The molecule has 0 spiro atoms. The molecule has 31 heavy (non-hydrogen) atoms. The summed E-state index contributed by atoms with van der Waals surface area (Å²) in [4.78, 5) is 31.1. The third-order valence-corrected chi connectivity index (χ3v) is 6.19. The van der Waals surface area contributed by atoms with Gasteiger partial charge in [-0.3, -0.25) is 9.59 Å². The highest BCUT2D eigenvalue weighted by Gasteiger charge is 2.39. The lowest BCUT2D eigenvalue weighted by Crippen LogP contribution is -2.42. The number of fused-ring (bicyclic) bond motifs is 2. The molecule has 162 valence electrons. The van der Waals surface area contributed by atoms with Gasteiger partial charge in [0.05, 0.1) is 6.04 Å². The number of benzene rings is 2. The van der Waals surface area contributed by atoms with Crippen molar-refractivity contribution in [3.8, 4) is 0 Å². The summed E-state index contributed by atoms with van der Waals surface area (Å²) < 4.78 is 0. The molecule has 0 unspecified atom stereocenters. The average molecular weight is 418 g/mol. The zero-order valence-electron chi connectivity index (χ0n) is 18.4. The monoisotopic (exact) mass is 417 g/mol. The standard InChI is InChI=1S/C26H31N3O2/c1-3-4-5-6-11-18(2)28-24(30)17-29-25(20-13-7-8-14-21(20)26(29)31)22-16-27-23-15-10-9-12-19(22)23/h7-10,12-16,18,25,27H,3-6,11,17H2,1-2H3,(H,28,30)/t18-,25+/m1/s1. The Hall–Kier alpha value is -3.08. The number of carbonyl (C=O) groups excluding carboxylic acids is 2. The Balaban J connectivity index is 1.55. The Labute approximate surface area is 183 Å². The number of aromatic nitrogens is 1. The van der Waals surface area contributed by atoms with Gasteiger partial charge < -0.3 is 15.2 Å². The van der Waals surface area contributed by atoms with Crippen LogP contribution in [-0.2, 0) is 4.79 Å². The normalized spacial score (nSPS) is 16.5. The molecule has 5 heteroatoms. The highest BCUT2D eigenvalue weighted by Crippen LogP contribution is 2.40. The Bertz CT molecular complexity index is 1070. The fourth-order valence-corrected chi connectivity index (χ4v) is 4.61. The summed E-state index contributed by atoms with van der Waals surface area (Å²) in [6.45, 7) is 4.29. The van der Waals surface area contributed by atoms with Crippen molar-refractivity contribution in [3.05, 3.63) is 71.4 Å². The number of unbranched alkanes of at least 4 members (excludes halogenated alkanes) is 3. The molecule has 2 N–H and O–H groups in total. The van der Waals surface area contributed by atoms with E-state index >= 15 is 0 Å². The summed E-state index contributed by atoms with van der Waals surface area (Å²) >= 11 is 0. The summed E-state index contributed by atoms with van der Waals surface area (Å²) in [5.74, 6) is -0.189. The van der Waals surface area contributed by atoms with Crippen molar-refractivity contribution in [1.82, 2.24) is 15.2 Å². The van der Waals surface area contributed by atoms with Crippen molar-refractivity contribution >= 4 is 22.7 Å². The highest BCUT2D eigenvalue weighted by molar-refractivity contribution is 6.02. The van der Waals surface area contributed by atoms with Crippen LogP contribution >= 0.6 is 0 Å². The van der Waals surface area contributed by atoms with E-state index in [0.717, 1.165) is 34.9 Å². The average Bonchev–Trinajstić information content (AvgIpc) is 3.31. The van der Waals surface area contributed by atoms with Crippen LogP contribution in [0.25, 0.3) is 10.9 Å². The van der Waals surface area contributed by atoms with E-state index in [4.69, 9.17) is 0 Å². The molecule has 2 aromatic carbocycles. The summed E-state index contributed by atoms with van der Waals surface area (Å²) in [5, 5.41) is 4.17. The van der Waals surface area contributed by atoms with Crippen LogP contribution in [0.15, 0.2) is 54.7 Å². The quantitative estimate of drug-likeness (QED) is 0.471. The van der Waals surface area contributed by atoms with Gasteiger partial charge in [-0.2, -0.15) is 0 Å². The number of carbonyl (C=O) groups is 2. The molecule has 0 bridgehead atoms. The summed E-state index contributed by atoms with van der Waals surface area (Å²) in [7, 11) is 0. The van der Waals surface area contributed by atoms with E-state index in [9.17, 15) is 9.59 Å². The zero-order chi connectivity index (χ0) is 21.8. The van der Waals surface area contributed by atoms with Crippen molar-refractivity contribution in [1.29, 1.82) is 0 Å². The zero-order valence-corrected chi connectivity index (χ0v) is 18.4. The number of aromatic amines is 1. The van der Waals surface area contributed by atoms with Gasteiger partial charge in [-0.15, -0.1) is 0 Å². The van der Waals surface area contributed by atoms with Gasteiger partial charge in [0.15, 0.2) is 0 Å². The Morgan fingerprint density at radius 2 is 1.84 bits per heavy atom. The topological polar surface area (TPSA) is 65.2 Å². The van der Waals surface area contributed by atoms with Crippen molar-refractivity contribution in [2.45, 2.75) is 58.0 Å². The van der Waals surface area contributed by atoms with Gasteiger partial charge in [-0.05, 0) is 31.0 Å². The first-order chi connectivity index (χ1) is 15.1. The number of H-pyrrole nitrogens is 1. The molecule has 0 saturated carbocycles. The van der Waals surface area contributed by atoms with Gasteiger partial charge in [0.2, 0.25) is 5.91 Å². The number of hydrogen-bond donors (Lipinski definition) is 2. The van der Waals surface area contributed by atoms with Gasteiger partial charge in [0.25, 0.3) is 5.91 Å². The lowest BCUT2D eigenvalue weighted by molar-refractivity contribution is -0.122. The van der Waals surface area contributed by atoms with Crippen LogP contribution in [0, 0.1) is 0 Å². The lowest BCUT2D eigenvalue weighted by Gasteiger charge is -2.26. The van der Waals surface area contributed by atoms with E-state index in [1.54, 1.807) is 4.90 Å². The van der Waals surface area contributed by atoms with E-state index in [1.165, 1.54) is 19.3 Å². The predicted molar refractivity (Wildman–Crippen MR) is 124 cm³/mol. The molecule has 2 amide bonds. The van der Waals surface area contributed by atoms with Crippen LogP contribution in [0.3, 0.4) is 0 Å². The molecule has 0 radical (unpaired) electrons. The minimum absolute atomic E-state index is 0.0526. The van der Waals surface area contributed by atoms with Crippen molar-refractivity contribution < 1.29 is 9.59 Å². The van der Waals surface area contributed by atoms with Gasteiger partial charge in [-0.25, -0.2) is 0 Å². The third kappa shape index (κ3) is 4.36. The number of amides is 2. The van der Waals surface area contributed by atoms with Crippen molar-refractivity contribution in [2.75, 3.05) is 6.54 Å². The molecular weight excluding hydrogens is 386 g/mol. The maximum absolute atomic E-state index is 13.2. The summed E-state index contributed by atoms with van der Waals surface area (Å²) in [6, 6.07) is 15.6. The van der Waals surface area contributed by atoms with Crippen LogP contribution in [0.2, 0.25) is 0 Å². The van der Waals surface area contributed by atoms with Crippen LogP contribution in [0.1, 0.15) is 73.5 Å². The van der Waals surface area contributed by atoms with E-state index in [2.05, 4.69) is 23.3 Å². The van der Waals surface area contributed by atoms with Gasteiger partial charge in [-0.1, -0.05) is 69.0 Å². The first-order valence-electron chi connectivity index (χ1n) is 11.4. The lowest BCUT2D eigenvalue weighted by atomic mass is 9.97. The first kappa shape index (κ1) is 21.2. The molecule has 2 atom stereocenters. The maximum atomic E-state index is 13.2. The second-order valence-electron chi connectivity index (χ2n) is 8.53. The van der Waals surface area contributed by atoms with E-state index in [0.29, 0.717) is 5.56 Å². The molecule has 1 aliphatic rings. The van der Waals surface area contributed by atoms with E-state index < -0.39 is 0 Å². The van der Waals surface area contributed by atoms with Gasteiger partial charge in [0, 0.05) is 34.3 Å². The smallest absolute Gasteiger partial charge is 0.255 e. The summed E-state index contributed by atoms with van der Waals surface area (Å²) in [5.41, 5.74) is 3.68. The fraction of sp³-hybridized carbons (Fsp3) is 0.385. The summed E-state index contributed by atoms with van der Waals surface area (Å²) in [6.07, 6.45) is 7.67. The van der Waals surface area contributed by atoms with Gasteiger partial charge in [0.1, 0.15) is 6.54 Å². The fourth-order valence-electron chi connectivity index (χ4n) is 4.61. The molecule has 2 heterocycles. The molecule has 0 aliphatic carbocycles. The molecule has 4 rings (SSSR count). The minimum atomic E-state index is -0.273. The molecule has 0 fully saturated rings. The SMILES string of the molecule is CCCCCC[C@@H](C)NC(=O)CN1C(=O)c2ccccc2[C@H]1c1c[nH]c2ccccc12. The van der Waals surface area contributed by atoms with E-state index in [-0.39, 0.29) is 30.4 Å². The molecule has 1 aromatic heterocycles. The van der Waals surface area contributed by atoms with Gasteiger partial charge >= 0.3 is 0 Å². The molecule has 1 aliphatic heterocycles. The Morgan fingerprint density at radius 3 is 2.68 bits per heavy atom. The molecule has 0 saturated heterocycles. The predicted octanol–water partition coefficient (Wildman–Crippen LogP) is 5.19. The van der Waals surface area contributed by atoms with Crippen LogP contribution < -0.4 is 5.32 Å². The molecule has 3 aromatic rings. The number of rotatable bonds is 9. The molecule has 5 nitrogen and oxygen atoms in total.